The minimum absolute atomic E-state index is 0.0786. The predicted octanol–water partition coefficient (Wildman–Crippen LogP) is 2.77. The molecule has 6 heteroatoms. The maximum absolute atomic E-state index is 12.5. The Kier molecular flexibility index (Phi) is 4.44. The molecule has 3 heterocycles. The molecule has 5 nitrogen and oxygen atoms in total. The van der Waals surface area contributed by atoms with Gasteiger partial charge in [0.25, 0.3) is 5.56 Å². The van der Waals surface area contributed by atoms with Gasteiger partial charge in [-0.05, 0) is 30.7 Å². The SMILES string of the molecule is Cc1ccc(C[NH+](C)Cc2nc3sc(-c4ccccc4)cc3c(=O)[nH]2)o1. The van der Waals surface area contributed by atoms with E-state index in [1.807, 2.05) is 55.5 Å². The first-order valence-electron chi connectivity index (χ1n) is 8.53. The third kappa shape index (κ3) is 3.47. The second kappa shape index (κ2) is 6.90. The number of aryl methyl sites for hydroxylation is 1. The van der Waals surface area contributed by atoms with Gasteiger partial charge in [0.1, 0.15) is 23.7 Å². The van der Waals surface area contributed by atoms with Crippen molar-refractivity contribution in [2.24, 2.45) is 0 Å². The summed E-state index contributed by atoms with van der Waals surface area (Å²) in [6.45, 7) is 3.31. The smallest absolute Gasteiger partial charge is 0.259 e. The molecule has 0 saturated carbocycles. The van der Waals surface area contributed by atoms with E-state index in [0.29, 0.717) is 17.8 Å². The van der Waals surface area contributed by atoms with Gasteiger partial charge in [0, 0.05) is 4.88 Å². The molecule has 0 fully saturated rings. The van der Waals surface area contributed by atoms with Crippen molar-refractivity contribution in [2.45, 2.75) is 20.0 Å². The molecule has 0 aliphatic rings. The molecule has 2 N–H and O–H groups in total. The zero-order chi connectivity index (χ0) is 18.1. The number of quaternary nitrogens is 1. The van der Waals surface area contributed by atoms with Crippen LogP contribution in [0.3, 0.4) is 0 Å². The van der Waals surface area contributed by atoms with Gasteiger partial charge in [-0.1, -0.05) is 30.3 Å². The third-order valence-electron chi connectivity index (χ3n) is 4.25. The highest BCUT2D eigenvalue weighted by atomic mass is 32.1. The molecular weight excluding hydrogens is 346 g/mol. The number of aromatic amines is 1. The van der Waals surface area contributed by atoms with Gasteiger partial charge in [-0.25, -0.2) is 4.98 Å². The van der Waals surface area contributed by atoms with Crippen molar-refractivity contribution in [2.75, 3.05) is 7.05 Å². The fraction of sp³-hybridized carbons (Fsp3) is 0.200. The normalized spacial score (nSPS) is 12.5. The van der Waals surface area contributed by atoms with Crippen LogP contribution < -0.4 is 10.5 Å². The highest BCUT2D eigenvalue weighted by Crippen LogP contribution is 2.30. The molecular formula is C20H20N3O2S+. The Labute approximate surface area is 154 Å². The second-order valence-corrected chi connectivity index (χ2v) is 7.56. The van der Waals surface area contributed by atoms with Crippen molar-refractivity contribution in [1.82, 2.24) is 9.97 Å². The number of hydrogen-bond acceptors (Lipinski definition) is 4. The molecule has 4 rings (SSSR count). The van der Waals surface area contributed by atoms with Gasteiger partial charge in [-0.2, -0.15) is 0 Å². The summed E-state index contributed by atoms with van der Waals surface area (Å²) in [4.78, 5) is 23.1. The molecule has 1 aromatic carbocycles. The molecule has 0 aliphatic heterocycles. The van der Waals surface area contributed by atoms with Crippen LogP contribution in [-0.4, -0.2) is 17.0 Å². The topological polar surface area (TPSA) is 63.3 Å². The molecule has 0 saturated heterocycles. The van der Waals surface area contributed by atoms with Gasteiger partial charge in [-0.3, -0.25) is 4.79 Å². The maximum atomic E-state index is 12.5. The van der Waals surface area contributed by atoms with Crippen LogP contribution in [0.15, 0.2) is 57.7 Å². The van der Waals surface area contributed by atoms with Crippen molar-refractivity contribution < 1.29 is 9.32 Å². The number of furan rings is 1. The molecule has 26 heavy (non-hydrogen) atoms. The van der Waals surface area contributed by atoms with Crippen LogP contribution in [0, 0.1) is 6.92 Å². The van der Waals surface area contributed by atoms with E-state index < -0.39 is 0 Å². The molecule has 1 unspecified atom stereocenters. The minimum Gasteiger partial charge on any atom is -0.460 e. The first kappa shape index (κ1) is 16.8. The average molecular weight is 366 g/mol. The van der Waals surface area contributed by atoms with Gasteiger partial charge in [0.2, 0.25) is 0 Å². The van der Waals surface area contributed by atoms with Gasteiger partial charge < -0.3 is 14.3 Å². The van der Waals surface area contributed by atoms with E-state index >= 15 is 0 Å². The van der Waals surface area contributed by atoms with Crippen LogP contribution in [0.25, 0.3) is 20.7 Å². The second-order valence-electron chi connectivity index (χ2n) is 6.53. The molecule has 0 aliphatic carbocycles. The van der Waals surface area contributed by atoms with Crippen LogP contribution in [0.2, 0.25) is 0 Å². The third-order valence-corrected chi connectivity index (χ3v) is 5.33. The number of fused-ring (bicyclic) bond motifs is 1. The van der Waals surface area contributed by atoms with E-state index in [0.717, 1.165) is 33.3 Å². The Hall–Kier alpha value is -2.70. The highest BCUT2D eigenvalue weighted by molar-refractivity contribution is 7.21. The van der Waals surface area contributed by atoms with Crippen molar-refractivity contribution in [3.05, 3.63) is 76.2 Å². The van der Waals surface area contributed by atoms with E-state index in [4.69, 9.17) is 4.42 Å². The Morgan fingerprint density at radius 3 is 2.69 bits per heavy atom. The summed E-state index contributed by atoms with van der Waals surface area (Å²) in [6.07, 6.45) is 0. The number of aromatic nitrogens is 2. The lowest BCUT2D eigenvalue weighted by Crippen LogP contribution is -3.06. The summed E-state index contributed by atoms with van der Waals surface area (Å²) in [7, 11) is 2.06. The van der Waals surface area contributed by atoms with Crippen molar-refractivity contribution in [1.29, 1.82) is 0 Å². The number of rotatable bonds is 5. The van der Waals surface area contributed by atoms with Gasteiger partial charge in [0.15, 0.2) is 11.6 Å². The van der Waals surface area contributed by atoms with Crippen LogP contribution in [0.5, 0.6) is 0 Å². The van der Waals surface area contributed by atoms with E-state index in [9.17, 15) is 4.79 Å². The van der Waals surface area contributed by atoms with Crippen LogP contribution in [-0.2, 0) is 13.1 Å². The summed E-state index contributed by atoms with van der Waals surface area (Å²) in [6, 6.07) is 15.9. The fourth-order valence-electron chi connectivity index (χ4n) is 3.03. The molecule has 0 bridgehead atoms. The lowest BCUT2D eigenvalue weighted by molar-refractivity contribution is -0.909. The summed E-state index contributed by atoms with van der Waals surface area (Å²) in [5.74, 6) is 2.54. The average Bonchev–Trinajstić information content (AvgIpc) is 3.22. The lowest BCUT2D eigenvalue weighted by Gasteiger charge is -2.11. The first-order valence-corrected chi connectivity index (χ1v) is 9.35. The number of nitrogens with one attached hydrogen (secondary N) is 2. The van der Waals surface area contributed by atoms with Crippen LogP contribution in [0.1, 0.15) is 17.3 Å². The van der Waals surface area contributed by atoms with E-state index in [1.54, 1.807) is 11.3 Å². The molecule has 0 radical (unpaired) electrons. The number of benzene rings is 1. The number of thiophene rings is 1. The number of nitrogens with zero attached hydrogens (tertiary/aromatic N) is 1. The Morgan fingerprint density at radius 2 is 1.96 bits per heavy atom. The van der Waals surface area contributed by atoms with Gasteiger partial charge >= 0.3 is 0 Å². The first-order chi connectivity index (χ1) is 12.6. The van der Waals surface area contributed by atoms with Crippen LogP contribution >= 0.6 is 11.3 Å². The molecule has 4 aromatic rings. The van der Waals surface area contributed by atoms with Crippen molar-refractivity contribution in [3.63, 3.8) is 0 Å². The van der Waals surface area contributed by atoms with E-state index in [2.05, 4.69) is 17.0 Å². The molecule has 3 aromatic heterocycles. The molecule has 0 amide bonds. The lowest BCUT2D eigenvalue weighted by atomic mass is 10.2. The predicted molar refractivity (Wildman–Crippen MR) is 103 cm³/mol. The summed E-state index contributed by atoms with van der Waals surface area (Å²) < 4.78 is 5.63. The van der Waals surface area contributed by atoms with Crippen molar-refractivity contribution >= 4 is 21.6 Å². The van der Waals surface area contributed by atoms with E-state index in [-0.39, 0.29) is 5.56 Å². The van der Waals surface area contributed by atoms with Gasteiger partial charge in [-0.15, -0.1) is 11.3 Å². The maximum Gasteiger partial charge on any atom is 0.259 e. The zero-order valence-corrected chi connectivity index (χ0v) is 15.5. The monoisotopic (exact) mass is 366 g/mol. The van der Waals surface area contributed by atoms with Crippen LogP contribution in [0.4, 0.5) is 0 Å². The van der Waals surface area contributed by atoms with Crippen molar-refractivity contribution in [3.8, 4) is 10.4 Å². The number of H-pyrrole nitrogens is 1. The minimum atomic E-state index is -0.0786. The zero-order valence-electron chi connectivity index (χ0n) is 14.7. The Morgan fingerprint density at radius 1 is 1.15 bits per heavy atom. The largest absolute Gasteiger partial charge is 0.460 e. The van der Waals surface area contributed by atoms with Gasteiger partial charge in [0.05, 0.1) is 12.4 Å². The fourth-order valence-corrected chi connectivity index (χ4v) is 4.09. The standard InChI is InChI=1S/C20H19N3O2S/c1-13-8-9-15(25-13)11-23(2)12-18-21-19(24)16-10-17(26-20(16)22-18)14-6-4-3-5-7-14/h3-10H,11-12H2,1-2H3,(H,21,22,24)/p+1. The Bertz CT molecular complexity index is 1100. The highest BCUT2D eigenvalue weighted by Gasteiger charge is 2.14. The summed E-state index contributed by atoms with van der Waals surface area (Å²) in [5.41, 5.74) is 1.03. The molecule has 1 atom stereocenters. The summed E-state index contributed by atoms with van der Waals surface area (Å²) >= 11 is 1.55. The molecule has 0 spiro atoms. The summed E-state index contributed by atoms with van der Waals surface area (Å²) in [5, 5.41) is 0.650. The quantitative estimate of drug-likeness (QED) is 0.571. The Balaban J connectivity index is 1.59. The van der Waals surface area contributed by atoms with E-state index in [1.165, 1.54) is 4.90 Å². The number of hydrogen-bond donors (Lipinski definition) is 2. The molecule has 132 valence electrons.